The van der Waals surface area contributed by atoms with Crippen LogP contribution in [-0.4, -0.2) is 56.9 Å². The highest BCUT2D eigenvalue weighted by Gasteiger charge is 2.41. The van der Waals surface area contributed by atoms with Gasteiger partial charge in [-0.15, -0.1) is 0 Å². The van der Waals surface area contributed by atoms with Crippen LogP contribution in [0.3, 0.4) is 0 Å². The number of unbranched alkanes of at least 4 members (excludes halogenated alkanes) is 1. The Morgan fingerprint density at radius 1 is 1.00 bits per heavy atom. The zero-order valence-corrected chi connectivity index (χ0v) is 19.7. The Labute approximate surface area is 193 Å². The molecule has 1 heterocycles. The molecule has 1 amide bonds. The second-order valence-electron chi connectivity index (χ2n) is 8.23. The Bertz CT molecular complexity index is 940. The van der Waals surface area contributed by atoms with Crippen molar-refractivity contribution in [1.29, 1.82) is 0 Å². The van der Waals surface area contributed by atoms with E-state index in [1.165, 1.54) is 10.5 Å². The number of amides is 1. The first-order valence-electron chi connectivity index (χ1n) is 10.9. The molecule has 0 bridgehead atoms. The molecular formula is C24H30NO5PS. The Morgan fingerprint density at radius 3 is 2.25 bits per heavy atom. The van der Waals surface area contributed by atoms with Gasteiger partial charge in [0.2, 0.25) is 13.3 Å². The van der Waals surface area contributed by atoms with E-state index in [1.54, 1.807) is 11.8 Å². The smallest absolute Gasteiger partial charge is 0.326 e. The molecule has 6 nitrogen and oxygen atoms in total. The van der Waals surface area contributed by atoms with E-state index in [1.807, 2.05) is 60.7 Å². The molecule has 1 aliphatic heterocycles. The van der Waals surface area contributed by atoms with Gasteiger partial charge in [0.1, 0.15) is 12.2 Å². The molecule has 0 aromatic heterocycles. The normalized spacial score (nSPS) is 20.1. The predicted octanol–water partition coefficient (Wildman–Crippen LogP) is 4.27. The highest BCUT2D eigenvalue weighted by molar-refractivity contribution is 7.99. The van der Waals surface area contributed by atoms with Crippen molar-refractivity contribution < 1.29 is 24.2 Å². The molecular weight excluding hydrogens is 445 g/mol. The van der Waals surface area contributed by atoms with Crippen LogP contribution in [0.1, 0.15) is 30.4 Å². The van der Waals surface area contributed by atoms with Gasteiger partial charge in [0.25, 0.3) is 0 Å². The Morgan fingerprint density at radius 2 is 1.62 bits per heavy atom. The molecule has 1 fully saturated rings. The van der Waals surface area contributed by atoms with Gasteiger partial charge in [-0.1, -0.05) is 60.7 Å². The van der Waals surface area contributed by atoms with Crippen molar-refractivity contribution in [3.63, 3.8) is 0 Å². The summed E-state index contributed by atoms with van der Waals surface area (Å²) in [5.74, 6) is -0.856. The third-order valence-electron chi connectivity index (χ3n) is 5.64. The minimum absolute atomic E-state index is 0.00999. The van der Waals surface area contributed by atoms with E-state index in [4.69, 9.17) is 0 Å². The van der Waals surface area contributed by atoms with Crippen LogP contribution in [0.25, 0.3) is 0 Å². The van der Waals surface area contributed by atoms with E-state index in [-0.39, 0.29) is 11.4 Å². The van der Waals surface area contributed by atoms with E-state index in [2.05, 4.69) is 0 Å². The SMILES string of the molecule is O=C(O)[C@@H]1C[C@H](SCc2ccccc2)CN1C(=O)CP(=O)(O)CCCCc1ccccc1. The van der Waals surface area contributed by atoms with Gasteiger partial charge in [-0.25, -0.2) is 4.79 Å². The number of benzene rings is 2. The largest absolute Gasteiger partial charge is 0.480 e. The van der Waals surface area contributed by atoms with Crippen LogP contribution < -0.4 is 0 Å². The van der Waals surface area contributed by atoms with Crippen LogP contribution >= 0.6 is 19.1 Å². The summed E-state index contributed by atoms with van der Waals surface area (Å²) < 4.78 is 12.6. The summed E-state index contributed by atoms with van der Waals surface area (Å²) in [5.41, 5.74) is 2.32. The van der Waals surface area contributed by atoms with Crippen molar-refractivity contribution in [2.45, 2.75) is 42.7 Å². The lowest BCUT2D eigenvalue weighted by Crippen LogP contribution is -2.42. The molecule has 1 unspecified atom stereocenters. The summed E-state index contributed by atoms with van der Waals surface area (Å²) in [7, 11) is -3.65. The monoisotopic (exact) mass is 475 g/mol. The second kappa shape index (κ2) is 11.7. The van der Waals surface area contributed by atoms with Crippen LogP contribution in [0.15, 0.2) is 60.7 Å². The van der Waals surface area contributed by atoms with Gasteiger partial charge in [-0.05, 0) is 36.8 Å². The number of aliphatic carboxylic acids is 1. The van der Waals surface area contributed by atoms with Crippen molar-refractivity contribution in [2.75, 3.05) is 18.9 Å². The van der Waals surface area contributed by atoms with E-state index in [9.17, 15) is 24.2 Å². The molecule has 2 aromatic rings. The molecule has 32 heavy (non-hydrogen) atoms. The first-order valence-corrected chi connectivity index (χ1v) is 13.9. The number of nitrogens with zero attached hydrogens (tertiary/aromatic N) is 1. The molecule has 3 rings (SSSR count). The number of thioether (sulfide) groups is 1. The molecule has 0 saturated carbocycles. The van der Waals surface area contributed by atoms with Crippen molar-refractivity contribution in [3.8, 4) is 0 Å². The van der Waals surface area contributed by atoms with Crippen LogP contribution in [0.2, 0.25) is 0 Å². The number of carboxylic acid groups (broad SMARTS) is 1. The fraction of sp³-hybridized carbons (Fsp3) is 0.417. The van der Waals surface area contributed by atoms with Crippen LogP contribution in [0.5, 0.6) is 0 Å². The lowest BCUT2D eigenvalue weighted by Gasteiger charge is -2.23. The Kier molecular flexibility index (Phi) is 8.97. The van der Waals surface area contributed by atoms with E-state index < -0.39 is 31.4 Å². The molecule has 2 N–H and O–H groups in total. The average Bonchev–Trinajstić information content (AvgIpc) is 3.22. The molecule has 172 valence electrons. The zero-order valence-electron chi connectivity index (χ0n) is 18.0. The van der Waals surface area contributed by atoms with Gasteiger partial charge in [0.05, 0.1) is 0 Å². The third-order valence-corrected chi connectivity index (χ3v) is 8.74. The third kappa shape index (κ3) is 7.51. The molecule has 2 aromatic carbocycles. The number of carbonyl (C=O) groups excluding carboxylic acids is 1. The highest BCUT2D eigenvalue weighted by Crippen LogP contribution is 2.42. The van der Waals surface area contributed by atoms with Crippen LogP contribution in [0, 0.1) is 0 Å². The van der Waals surface area contributed by atoms with Crippen molar-refractivity contribution >= 4 is 31.0 Å². The van der Waals surface area contributed by atoms with Crippen molar-refractivity contribution in [1.82, 2.24) is 4.90 Å². The number of rotatable bonds is 11. The zero-order chi connectivity index (χ0) is 23.0. The molecule has 1 aliphatic rings. The summed E-state index contributed by atoms with van der Waals surface area (Å²) in [6.07, 6.45) is 2.07. The summed E-state index contributed by atoms with van der Waals surface area (Å²) in [6.45, 7) is 0.293. The van der Waals surface area contributed by atoms with Crippen LogP contribution in [0.4, 0.5) is 0 Å². The molecule has 0 aliphatic carbocycles. The number of aryl methyl sites for hydroxylation is 1. The highest BCUT2D eigenvalue weighted by atomic mass is 32.2. The molecule has 1 saturated heterocycles. The molecule has 3 atom stereocenters. The Balaban J connectivity index is 1.48. The number of hydrogen-bond acceptors (Lipinski definition) is 4. The second-order valence-corrected chi connectivity index (χ2v) is 12.0. The average molecular weight is 476 g/mol. The fourth-order valence-corrected chi connectivity index (χ4v) is 6.62. The van der Waals surface area contributed by atoms with Crippen LogP contribution in [-0.2, 0) is 26.3 Å². The summed E-state index contributed by atoms with van der Waals surface area (Å²) in [5, 5.41) is 9.57. The first kappa shape index (κ1) is 24.6. The number of hydrogen-bond donors (Lipinski definition) is 2. The topological polar surface area (TPSA) is 94.9 Å². The van der Waals surface area contributed by atoms with Gasteiger partial charge in [0.15, 0.2) is 0 Å². The van der Waals surface area contributed by atoms with E-state index in [0.717, 1.165) is 24.2 Å². The van der Waals surface area contributed by atoms with Gasteiger partial charge >= 0.3 is 5.97 Å². The minimum Gasteiger partial charge on any atom is -0.480 e. The standard InChI is InChI=1S/C24H30NO5PS/c26-23(17-31(29,30)14-8-7-11-19-9-3-1-4-10-19)25-16-21(15-22(25)24(27)28)32-18-20-12-5-2-6-13-20/h1-6,9-10,12-13,21-22H,7-8,11,14-18H2,(H,27,28)(H,29,30)/t21-,22-/m0/s1. The quantitative estimate of drug-likeness (QED) is 0.372. The fourth-order valence-electron chi connectivity index (χ4n) is 3.93. The molecule has 0 spiro atoms. The molecule has 8 heteroatoms. The van der Waals surface area contributed by atoms with Gasteiger partial charge < -0.3 is 14.9 Å². The number of likely N-dealkylation sites (tertiary alicyclic amines) is 1. The lowest BCUT2D eigenvalue weighted by molar-refractivity contribution is -0.147. The van der Waals surface area contributed by atoms with Crippen molar-refractivity contribution in [2.24, 2.45) is 0 Å². The predicted molar refractivity (Wildman–Crippen MR) is 128 cm³/mol. The first-order chi connectivity index (χ1) is 15.3. The van der Waals surface area contributed by atoms with E-state index in [0.29, 0.717) is 19.4 Å². The minimum atomic E-state index is -3.65. The maximum atomic E-state index is 12.8. The maximum absolute atomic E-state index is 12.8. The van der Waals surface area contributed by atoms with Gasteiger partial charge in [-0.3, -0.25) is 9.36 Å². The number of carbonyl (C=O) groups is 2. The summed E-state index contributed by atoms with van der Waals surface area (Å²) >= 11 is 1.62. The van der Waals surface area contributed by atoms with Crippen molar-refractivity contribution in [3.05, 3.63) is 71.8 Å². The van der Waals surface area contributed by atoms with Gasteiger partial charge in [0, 0.05) is 23.7 Å². The number of carboxylic acids is 1. The lowest BCUT2D eigenvalue weighted by atomic mass is 10.1. The van der Waals surface area contributed by atoms with E-state index >= 15 is 0 Å². The Hall–Kier alpha value is -2.08. The summed E-state index contributed by atoms with van der Waals surface area (Å²) in [6, 6.07) is 18.9. The van der Waals surface area contributed by atoms with Gasteiger partial charge in [-0.2, -0.15) is 11.8 Å². The molecule has 0 radical (unpaired) electrons. The maximum Gasteiger partial charge on any atom is 0.326 e. The summed E-state index contributed by atoms with van der Waals surface area (Å²) in [4.78, 5) is 36.1.